The summed E-state index contributed by atoms with van der Waals surface area (Å²) < 4.78 is 0. The summed E-state index contributed by atoms with van der Waals surface area (Å²) in [5.41, 5.74) is 1.07. The summed E-state index contributed by atoms with van der Waals surface area (Å²) in [5, 5.41) is 2.28. The molecule has 1 atom stereocenters. The van der Waals surface area contributed by atoms with Gasteiger partial charge in [-0.1, -0.05) is 42.5 Å². The Balaban J connectivity index is 2.09. The van der Waals surface area contributed by atoms with Crippen molar-refractivity contribution in [2.24, 2.45) is 0 Å². The second-order valence-electron chi connectivity index (χ2n) is 4.84. The molecule has 18 heavy (non-hydrogen) atoms. The topological polar surface area (TPSA) is 34.1 Å². The van der Waals surface area contributed by atoms with Crippen LogP contribution in [0.15, 0.2) is 42.5 Å². The first-order valence-electron chi connectivity index (χ1n) is 6.28. The first kappa shape index (κ1) is 11.1. The largest absolute Gasteiger partial charge is 0.299 e. The second-order valence-corrected chi connectivity index (χ2v) is 4.84. The average molecular weight is 238 g/mol. The first-order valence-corrected chi connectivity index (χ1v) is 6.28. The van der Waals surface area contributed by atoms with Crippen molar-refractivity contribution in [1.82, 2.24) is 0 Å². The van der Waals surface area contributed by atoms with Crippen LogP contribution in [0, 0.1) is 0 Å². The Kier molecular flexibility index (Phi) is 2.71. The first-order chi connectivity index (χ1) is 8.75. The molecule has 0 radical (unpaired) electrons. The molecular formula is C16H14O2. The zero-order valence-corrected chi connectivity index (χ0v) is 10.1. The smallest absolute Gasteiger partial charge is 0.147 e. The van der Waals surface area contributed by atoms with Crippen molar-refractivity contribution in [2.45, 2.75) is 25.2 Å². The Morgan fingerprint density at radius 1 is 0.944 bits per heavy atom. The molecule has 0 aliphatic heterocycles. The van der Waals surface area contributed by atoms with Crippen LogP contribution < -0.4 is 0 Å². The standard InChI is InChI=1S/C16H14O2/c17-12-8-9-15(16(18)10-12)14-7-3-5-11-4-1-2-6-13(11)14/h1-7,15H,8-10H2. The number of rotatable bonds is 1. The number of fused-ring (bicyclic) bond motifs is 1. The van der Waals surface area contributed by atoms with Gasteiger partial charge in [-0.15, -0.1) is 0 Å². The van der Waals surface area contributed by atoms with Gasteiger partial charge in [0.1, 0.15) is 11.6 Å². The summed E-state index contributed by atoms with van der Waals surface area (Å²) in [7, 11) is 0. The van der Waals surface area contributed by atoms with Gasteiger partial charge in [-0.25, -0.2) is 0 Å². The SMILES string of the molecule is O=C1CCC(c2cccc3ccccc23)C(=O)C1. The van der Waals surface area contributed by atoms with Gasteiger partial charge in [-0.05, 0) is 22.8 Å². The van der Waals surface area contributed by atoms with E-state index in [0.717, 1.165) is 16.3 Å². The van der Waals surface area contributed by atoms with Crippen LogP contribution >= 0.6 is 0 Å². The molecule has 1 saturated carbocycles. The van der Waals surface area contributed by atoms with E-state index in [0.29, 0.717) is 12.8 Å². The van der Waals surface area contributed by atoms with Gasteiger partial charge in [-0.2, -0.15) is 0 Å². The van der Waals surface area contributed by atoms with Gasteiger partial charge in [-0.3, -0.25) is 9.59 Å². The highest BCUT2D eigenvalue weighted by Gasteiger charge is 2.29. The highest BCUT2D eigenvalue weighted by atomic mass is 16.1. The van der Waals surface area contributed by atoms with Crippen molar-refractivity contribution in [1.29, 1.82) is 0 Å². The maximum Gasteiger partial charge on any atom is 0.147 e. The third-order valence-corrected chi connectivity index (χ3v) is 3.67. The summed E-state index contributed by atoms with van der Waals surface area (Å²) in [6.07, 6.45) is 1.29. The fourth-order valence-electron chi connectivity index (χ4n) is 2.76. The lowest BCUT2D eigenvalue weighted by atomic mass is 9.80. The van der Waals surface area contributed by atoms with Crippen LogP contribution in [0.3, 0.4) is 0 Å². The summed E-state index contributed by atoms with van der Waals surface area (Å²) in [4.78, 5) is 23.3. The van der Waals surface area contributed by atoms with Crippen LogP contribution in [0.1, 0.15) is 30.7 Å². The molecule has 3 rings (SSSR count). The van der Waals surface area contributed by atoms with Crippen molar-refractivity contribution < 1.29 is 9.59 Å². The highest BCUT2D eigenvalue weighted by Crippen LogP contribution is 2.33. The Labute approximate surface area is 106 Å². The maximum absolute atomic E-state index is 12.0. The van der Waals surface area contributed by atoms with Crippen LogP contribution in [0.5, 0.6) is 0 Å². The van der Waals surface area contributed by atoms with Gasteiger partial charge in [0.2, 0.25) is 0 Å². The van der Waals surface area contributed by atoms with E-state index in [4.69, 9.17) is 0 Å². The monoisotopic (exact) mass is 238 g/mol. The predicted octanol–water partition coefficient (Wildman–Crippen LogP) is 3.25. The lowest BCUT2D eigenvalue weighted by Gasteiger charge is -2.21. The van der Waals surface area contributed by atoms with Crippen LogP contribution in [0.4, 0.5) is 0 Å². The zero-order chi connectivity index (χ0) is 12.5. The van der Waals surface area contributed by atoms with Crippen LogP contribution in [0.25, 0.3) is 10.8 Å². The van der Waals surface area contributed by atoms with Gasteiger partial charge < -0.3 is 0 Å². The third-order valence-electron chi connectivity index (χ3n) is 3.67. The summed E-state index contributed by atoms with van der Waals surface area (Å²) >= 11 is 0. The molecule has 0 aromatic heterocycles. The molecule has 0 heterocycles. The molecule has 0 spiro atoms. The van der Waals surface area contributed by atoms with Gasteiger partial charge in [0.05, 0.1) is 6.42 Å². The van der Waals surface area contributed by atoms with Gasteiger partial charge in [0.15, 0.2) is 0 Å². The van der Waals surface area contributed by atoms with Gasteiger partial charge in [0, 0.05) is 12.3 Å². The Hall–Kier alpha value is -1.96. The van der Waals surface area contributed by atoms with Crippen LogP contribution in [0.2, 0.25) is 0 Å². The van der Waals surface area contributed by atoms with E-state index in [9.17, 15) is 9.59 Å². The normalized spacial score (nSPS) is 20.3. The highest BCUT2D eigenvalue weighted by molar-refractivity contribution is 6.06. The van der Waals surface area contributed by atoms with Crippen molar-refractivity contribution in [2.75, 3.05) is 0 Å². The van der Waals surface area contributed by atoms with E-state index in [2.05, 4.69) is 12.1 Å². The number of hydrogen-bond acceptors (Lipinski definition) is 2. The molecule has 1 unspecified atom stereocenters. The number of ketones is 2. The van der Waals surface area contributed by atoms with E-state index in [-0.39, 0.29) is 23.9 Å². The van der Waals surface area contributed by atoms with Crippen molar-refractivity contribution >= 4 is 22.3 Å². The Morgan fingerprint density at radius 2 is 1.72 bits per heavy atom. The molecular weight excluding hydrogens is 224 g/mol. The van der Waals surface area contributed by atoms with Gasteiger partial charge >= 0.3 is 0 Å². The summed E-state index contributed by atoms with van der Waals surface area (Å²) in [5.74, 6) is 0.0490. The molecule has 0 N–H and O–H groups in total. The van der Waals surface area contributed by atoms with E-state index < -0.39 is 0 Å². The van der Waals surface area contributed by atoms with Crippen LogP contribution in [-0.4, -0.2) is 11.6 Å². The maximum atomic E-state index is 12.0. The molecule has 2 aromatic rings. The lowest BCUT2D eigenvalue weighted by Crippen LogP contribution is -2.23. The molecule has 1 aliphatic rings. The Bertz CT molecular complexity index is 623. The quantitative estimate of drug-likeness (QED) is 0.715. The molecule has 2 aromatic carbocycles. The lowest BCUT2D eigenvalue weighted by molar-refractivity contribution is -0.130. The fraction of sp³-hybridized carbons (Fsp3) is 0.250. The molecule has 1 fully saturated rings. The van der Waals surface area contributed by atoms with E-state index >= 15 is 0 Å². The number of carbonyl (C=O) groups excluding carboxylic acids is 2. The number of carbonyl (C=O) groups is 2. The van der Waals surface area contributed by atoms with Crippen LogP contribution in [-0.2, 0) is 9.59 Å². The van der Waals surface area contributed by atoms with Crippen molar-refractivity contribution in [3.63, 3.8) is 0 Å². The molecule has 90 valence electrons. The summed E-state index contributed by atoms with van der Waals surface area (Å²) in [6, 6.07) is 14.1. The summed E-state index contributed by atoms with van der Waals surface area (Å²) in [6.45, 7) is 0. The second kappa shape index (κ2) is 4.37. The predicted molar refractivity (Wildman–Crippen MR) is 70.6 cm³/mol. The minimum Gasteiger partial charge on any atom is -0.299 e. The number of benzene rings is 2. The third kappa shape index (κ3) is 1.84. The van der Waals surface area contributed by atoms with E-state index in [1.807, 2.05) is 30.3 Å². The molecule has 0 amide bonds. The zero-order valence-electron chi connectivity index (χ0n) is 10.1. The number of hydrogen-bond donors (Lipinski definition) is 0. The van der Waals surface area contributed by atoms with Crippen molar-refractivity contribution in [3.05, 3.63) is 48.0 Å². The minimum absolute atomic E-state index is 0.0719. The molecule has 0 saturated heterocycles. The fourth-order valence-corrected chi connectivity index (χ4v) is 2.76. The van der Waals surface area contributed by atoms with E-state index in [1.54, 1.807) is 0 Å². The average Bonchev–Trinajstić information content (AvgIpc) is 2.38. The molecule has 2 heteroatoms. The molecule has 1 aliphatic carbocycles. The molecule has 2 nitrogen and oxygen atoms in total. The van der Waals surface area contributed by atoms with Gasteiger partial charge in [0.25, 0.3) is 0 Å². The Morgan fingerprint density at radius 3 is 2.56 bits per heavy atom. The van der Waals surface area contributed by atoms with Crippen molar-refractivity contribution in [3.8, 4) is 0 Å². The minimum atomic E-state index is -0.103. The number of Topliss-reactive ketones (excluding diaryl/α,β-unsaturated/α-hetero) is 2. The molecule has 0 bridgehead atoms. The van der Waals surface area contributed by atoms with E-state index in [1.165, 1.54) is 0 Å².